The van der Waals surface area contributed by atoms with Crippen molar-refractivity contribution in [1.82, 2.24) is 0 Å². The third-order valence-electron chi connectivity index (χ3n) is 0.744. The molecule has 2 radical (unpaired) electrons. The molecule has 0 N–H and O–H groups in total. The first kappa shape index (κ1) is 11.9. The van der Waals surface area contributed by atoms with E-state index in [1.807, 2.05) is 0 Å². The van der Waals surface area contributed by atoms with E-state index in [1.165, 1.54) is 18.6 Å². The molecular weight excluding hydrogens is 223 g/mol. The molecule has 0 aliphatic rings. The molecule has 2 heteroatoms. The van der Waals surface area contributed by atoms with Gasteiger partial charge in [-0.2, -0.15) is 0 Å². The first-order valence-corrected chi connectivity index (χ1v) is 10.0. The van der Waals surface area contributed by atoms with Gasteiger partial charge in [-0.15, -0.1) is 0 Å². The van der Waals surface area contributed by atoms with E-state index in [9.17, 15) is 0 Å². The van der Waals surface area contributed by atoms with Crippen molar-refractivity contribution in [3.8, 4) is 0 Å². The Morgan fingerprint density at radius 2 is 2.12 bits per heavy atom. The van der Waals surface area contributed by atoms with Crippen LogP contribution in [0.1, 0.15) is 27.2 Å². The van der Waals surface area contributed by atoms with E-state index < -0.39 is 0 Å². The molecule has 0 nitrogen and oxygen atoms in total. The van der Waals surface area contributed by atoms with Gasteiger partial charge in [0.1, 0.15) is 0 Å². The fourth-order valence-electron chi connectivity index (χ4n) is 0.319. The molecule has 0 saturated carbocycles. The van der Waals surface area contributed by atoms with Crippen LogP contribution in [0.4, 0.5) is 0 Å². The Bertz CT molecular complexity index is 27.7. The van der Waals surface area contributed by atoms with Crippen molar-refractivity contribution in [2.75, 3.05) is 5.75 Å². The van der Waals surface area contributed by atoms with Crippen LogP contribution in [-0.2, 0) is 0 Å². The second-order valence-corrected chi connectivity index (χ2v) is 8.48. The molecule has 0 spiro atoms. The summed E-state index contributed by atoms with van der Waals surface area (Å²) in [4.78, 5) is 2.38. The molecule has 0 aromatic rings. The molecule has 50 valence electrons. The molecular formula is C6H16SSn. The molecule has 0 aromatic carbocycles. The van der Waals surface area contributed by atoms with Crippen LogP contribution in [0.2, 0.25) is 4.94 Å². The standard InChI is InChI=1S/C4H10S.CH4.CH3.Sn/c1-2-3-4-5;;;/h5H,2-4H2,1H3;1H4;1H3;/q;;;+1/p-1. The molecule has 0 amide bonds. The average Bonchev–Trinajstić information content (AvgIpc) is 1.69. The normalized spacial score (nSPS) is 8.25. The van der Waals surface area contributed by atoms with Crippen LogP contribution < -0.4 is 0 Å². The Labute approximate surface area is 66.5 Å². The summed E-state index contributed by atoms with van der Waals surface area (Å²) in [5.41, 5.74) is 0. The van der Waals surface area contributed by atoms with Crippen LogP contribution in [0.25, 0.3) is 0 Å². The van der Waals surface area contributed by atoms with E-state index in [0.29, 0.717) is 0 Å². The summed E-state index contributed by atoms with van der Waals surface area (Å²) in [5, 5.41) is 0. The maximum atomic E-state index is 2.38. The predicted octanol–water partition coefficient (Wildman–Crippen LogP) is 2.82. The quantitative estimate of drug-likeness (QED) is 0.536. The first-order chi connectivity index (χ1) is 3.41. The van der Waals surface area contributed by atoms with Crippen molar-refractivity contribution < 1.29 is 0 Å². The van der Waals surface area contributed by atoms with Crippen molar-refractivity contribution in [2.24, 2.45) is 0 Å². The van der Waals surface area contributed by atoms with E-state index >= 15 is 0 Å². The summed E-state index contributed by atoms with van der Waals surface area (Å²) in [7, 11) is 2.20. The van der Waals surface area contributed by atoms with Crippen LogP contribution in [0.15, 0.2) is 0 Å². The van der Waals surface area contributed by atoms with Gasteiger partial charge in [0.25, 0.3) is 0 Å². The van der Waals surface area contributed by atoms with Gasteiger partial charge in [0, 0.05) is 0 Å². The topological polar surface area (TPSA) is 0 Å². The van der Waals surface area contributed by atoms with E-state index in [-0.39, 0.29) is 27.2 Å². The van der Waals surface area contributed by atoms with Crippen molar-refractivity contribution in [3.05, 3.63) is 0 Å². The van der Waals surface area contributed by atoms with Crippen LogP contribution in [0.3, 0.4) is 0 Å². The van der Waals surface area contributed by atoms with Crippen molar-refractivity contribution in [3.63, 3.8) is 0 Å². The summed E-state index contributed by atoms with van der Waals surface area (Å²) in [5.74, 6) is 1.43. The predicted molar refractivity (Wildman–Crippen MR) is 45.7 cm³/mol. The van der Waals surface area contributed by atoms with Gasteiger partial charge in [0.05, 0.1) is 0 Å². The fourth-order valence-corrected chi connectivity index (χ4v) is 3.94. The Kier molecular flexibility index (Phi) is 16.4. The first-order valence-electron chi connectivity index (χ1n) is 2.70. The van der Waals surface area contributed by atoms with E-state index in [0.717, 1.165) is 0 Å². The summed E-state index contributed by atoms with van der Waals surface area (Å²) in [6, 6.07) is 0. The third-order valence-corrected chi connectivity index (χ3v) is 5.75. The number of rotatable bonds is 4. The minimum atomic E-state index is 0. The molecule has 8 heavy (non-hydrogen) atoms. The van der Waals surface area contributed by atoms with Gasteiger partial charge < -0.3 is 0 Å². The zero-order valence-electron chi connectivity index (χ0n) is 5.03. The average molecular weight is 239 g/mol. The Morgan fingerprint density at radius 1 is 1.50 bits per heavy atom. The maximum absolute atomic E-state index is 2.38. The molecule has 0 saturated heterocycles. The minimum absolute atomic E-state index is 0. The van der Waals surface area contributed by atoms with Crippen molar-refractivity contribution in [1.29, 1.82) is 0 Å². The second-order valence-electron chi connectivity index (χ2n) is 1.41. The van der Waals surface area contributed by atoms with E-state index in [1.54, 1.807) is 0 Å². The van der Waals surface area contributed by atoms with Crippen molar-refractivity contribution >= 4 is 28.7 Å². The van der Waals surface area contributed by atoms with Crippen molar-refractivity contribution in [2.45, 2.75) is 32.1 Å². The van der Waals surface area contributed by atoms with Gasteiger partial charge in [0.15, 0.2) is 0 Å². The number of hydrogen-bond donors (Lipinski definition) is 0. The zero-order valence-corrected chi connectivity index (χ0v) is 8.70. The van der Waals surface area contributed by atoms with Gasteiger partial charge in [-0.1, -0.05) is 7.43 Å². The molecule has 0 unspecified atom stereocenters. The molecule has 0 atom stereocenters. The number of hydrogen-bond acceptors (Lipinski definition) is 1. The molecule has 0 bridgehead atoms. The third kappa shape index (κ3) is 10.2. The molecule has 0 aliphatic carbocycles. The molecule has 0 aromatic heterocycles. The Hall–Kier alpha value is 1.15. The van der Waals surface area contributed by atoms with E-state index in [4.69, 9.17) is 0 Å². The monoisotopic (exact) mass is 240 g/mol. The van der Waals surface area contributed by atoms with Crippen LogP contribution in [0.5, 0.6) is 0 Å². The SMILES string of the molecule is C.CCCC[S][Sn][CH3]. The van der Waals surface area contributed by atoms with Gasteiger partial charge in [-0.05, 0) is 0 Å². The zero-order chi connectivity index (χ0) is 5.54. The second kappa shape index (κ2) is 11.0. The Morgan fingerprint density at radius 3 is 2.50 bits per heavy atom. The van der Waals surface area contributed by atoms with Gasteiger partial charge in [0.2, 0.25) is 0 Å². The van der Waals surface area contributed by atoms with Gasteiger partial charge >= 0.3 is 59.2 Å². The van der Waals surface area contributed by atoms with Crippen LogP contribution >= 0.6 is 8.95 Å². The molecule has 0 rings (SSSR count). The molecule has 0 aliphatic heterocycles. The molecule has 0 heterocycles. The number of unbranched alkanes of at least 4 members (excludes halogenated alkanes) is 1. The summed E-state index contributed by atoms with van der Waals surface area (Å²) < 4.78 is 0. The Balaban J connectivity index is 0. The summed E-state index contributed by atoms with van der Waals surface area (Å²) in [6.07, 6.45) is 2.80. The fraction of sp³-hybridized carbons (Fsp3) is 1.00. The summed E-state index contributed by atoms with van der Waals surface area (Å²) >= 11 is 0.0936. The van der Waals surface area contributed by atoms with Gasteiger partial charge in [-0.25, -0.2) is 0 Å². The van der Waals surface area contributed by atoms with Gasteiger partial charge in [-0.3, -0.25) is 0 Å². The van der Waals surface area contributed by atoms with E-state index in [2.05, 4.69) is 20.8 Å². The van der Waals surface area contributed by atoms with Crippen LogP contribution in [-0.4, -0.2) is 25.5 Å². The molecule has 0 fully saturated rings. The van der Waals surface area contributed by atoms with Crippen LogP contribution in [0, 0.1) is 0 Å². The summed E-state index contributed by atoms with van der Waals surface area (Å²) in [6.45, 7) is 2.25.